The third-order valence-corrected chi connectivity index (χ3v) is 4.29. The van der Waals surface area contributed by atoms with Crippen LogP contribution in [0, 0.1) is 25.2 Å². The van der Waals surface area contributed by atoms with Gasteiger partial charge in [-0.3, -0.25) is 9.89 Å². The van der Waals surface area contributed by atoms with Gasteiger partial charge in [-0.2, -0.15) is 20.6 Å². The number of anilines is 1. The lowest BCUT2D eigenvalue weighted by Gasteiger charge is -2.07. The third kappa shape index (κ3) is 3.17. The van der Waals surface area contributed by atoms with Crippen LogP contribution in [-0.2, 0) is 0 Å². The minimum atomic E-state index is -0.340. The molecule has 0 saturated carbocycles. The van der Waals surface area contributed by atoms with E-state index in [2.05, 4.69) is 30.7 Å². The lowest BCUT2D eigenvalue weighted by molar-refractivity contribution is 0.102. The van der Waals surface area contributed by atoms with Crippen LogP contribution in [0.25, 0.3) is 22.2 Å². The summed E-state index contributed by atoms with van der Waals surface area (Å²) in [4.78, 5) is 16.7. The lowest BCUT2D eigenvalue weighted by atomic mass is 10.1. The van der Waals surface area contributed by atoms with Gasteiger partial charge in [-0.1, -0.05) is 0 Å². The summed E-state index contributed by atoms with van der Waals surface area (Å²) in [6.07, 6.45) is 3.04. The summed E-state index contributed by atoms with van der Waals surface area (Å²) in [5, 5.41) is 27.9. The Labute approximate surface area is 160 Å². The number of nitriles is 1. The van der Waals surface area contributed by atoms with Crippen molar-refractivity contribution in [2.24, 2.45) is 0 Å². The number of hydrogen-bond acceptors (Lipinski definition) is 6. The van der Waals surface area contributed by atoms with Gasteiger partial charge in [-0.05, 0) is 49.7 Å². The molecule has 0 aliphatic carbocycles. The zero-order chi connectivity index (χ0) is 19.7. The Morgan fingerprint density at radius 2 is 2.04 bits per heavy atom. The van der Waals surface area contributed by atoms with Crippen molar-refractivity contribution in [1.82, 2.24) is 25.4 Å². The predicted octanol–water partition coefficient (Wildman–Crippen LogP) is 3.16. The number of carbonyl (C=O) groups excluding carboxylic acids is 1. The molecular weight excluding hydrogens is 354 g/mol. The molecule has 0 bridgehead atoms. The van der Waals surface area contributed by atoms with Gasteiger partial charge in [0.1, 0.15) is 17.5 Å². The second-order valence-corrected chi connectivity index (χ2v) is 6.37. The molecular formula is C20H15N7O. The molecule has 0 saturated heterocycles. The van der Waals surface area contributed by atoms with E-state index >= 15 is 0 Å². The van der Waals surface area contributed by atoms with E-state index < -0.39 is 0 Å². The number of rotatable bonds is 3. The van der Waals surface area contributed by atoms with Gasteiger partial charge >= 0.3 is 0 Å². The van der Waals surface area contributed by atoms with Crippen molar-refractivity contribution in [2.75, 3.05) is 5.32 Å². The molecule has 2 N–H and O–H groups in total. The molecule has 0 aliphatic rings. The normalized spacial score (nSPS) is 10.6. The fourth-order valence-electron chi connectivity index (χ4n) is 2.98. The smallest absolute Gasteiger partial charge is 0.274 e. The van der Waals surface area contributed by atoms with Gasteiger partial charge in [0.25, 0.3) is 5.91 Å². The minimum absolute atomic E-state index is 0.278. The Bertz CT molecular complexity index is 1250. The summed E-state index contributed by atoms with van der Waals surface area (Å²) in [6, 6.07) is 11.0. The van der Waals surface area contributed by atoms with Crippen LogP contribution in [0.2, 0.25) is 0 Å². The molecule has 0 aliphatic heterocycles. The molecule has 0 atom stereocenters. The van der Waals surface area contributed by atoms with Crippen LogP contribution in [0.1, 0.15) is 27.3 Å². The Kier molecular flexibility index (Phi) is 4.26. The summed E-state index contributed by atoms with van der Waals surface area (Å²) in [5.41, 5.74) is 5.16. The van der Waals surface area contributed by atoms with E-state index in [9.17, 15) is 4.79 Å². The quantitative estimate of drug-likeness (QED) is 0.572. The molecule has 8 heteroatoms. The molecule has 0 radical (unpaired) electrons. The molecule has 0 fully saturated rings. The van der Waals surface area contributed by atoms with Crippen LogP contribution < -0.4 is 5.32 Å². The first-order valence-corrected chi connectivity index (χ1v) is 8.51. The Morgan fingerprint density at radius 1 is 1.18 bits per heavy atom. The molecule has 8 nitrogen and oxygen atoms in total. The topological polar surface area (TPSA) is 120 Å². The van der Waals surface area contributed by atoms with Gasteiger partial charge in [0, 0.05) is 22.8 Å². The average molecular weight is 369 g/mol. The molecule has 28 heavy (non-hydrogen) atoms. The number of benzene rings is 1. The van der Waals surface area contributed by atoms with E-state index in [0.29, 0.717) is 16.8 Å². The van der Waals surface area contributed by atoms with Crippen molar-refractivity contribution in [3.05, 3.63) is 65.2 Å². The highest BCUT2D eigenvalue weighted by molar-refractivity contribution is 6.05. The number of aromatic amines is 1. The molecule has 4 aromatic rings. The number of nitrogens with zero attached hydrogens (tertiary/aromatic N) is 5. The Hall–Kier alpha value is -4.12. The second kappa shape index (κ2) is 6.89. The first-order valence-electron chi connectivity index (χ1n) is 8.51. The zero-order valence-corrected chi connectivity index (χ0v) is 15.2. The summed E-state index contributed by atoms with van der Waals surface area (Å²) in [6.45, 7) is 3.61. The molecule has 1 amide bonds. The summed E-state index contributed by atoms with van der Waals surface area (Å²) >= 11 is 0. The summed E-state index contributed by atoms with van der Waals surface area (Å²) < 4.78 is 0. The zero-order valence-electron chi connectivity index (χ0n) is 15.2. The third-order valence-electron chi connectivity index (χ3n) is 4.29. The van der Waals surface area contributed by atoms with E-state index in [1.54, 1.807) is 25.3 Å². The maximum atomic E-state index is 12.6. The number of aromatic nitrogens is 5. The summed E-state index contributed by atoms with van der Waals surface area (Å²) in [5.74, 6) is -0.340. The van der Waals surface area contributed by atoms with Crippen LogP contribution in [0.3, 0.4) is 0 Å². The van der Waals surface area contributed by atoms with E-state index in [0.717, 1.165) is 27.9 Å². The molecule has 0 spiro atoms. The number of fused-ring (bicyclic) bond motifs is 1. The number of amides is 1. The standard InChI is InChI=1S/C20H15N7O/c1-11-5-13(8-21)9-22-18(11)20(28)24-15-3-4-17-16(7-15)19(27-26-17)14-6-12(2)25-23-10-14/h3-7,9-10H,1-2H3,(H,24,28)(H,26,27). The summed E-state index contributed by atoms with van der Waals surface area (Å²) in [7, 11) is 0. The fourth-order valence-corrected chi connectivity index (χ4v) is 2.98. The van der Waals surface area contributed by atoms with Gasteiger partial charge in [-0.15, -0.1) is 0 Å². The van der Waals surface area contributed by atoms with Gasteiger partial charge in [0.15, 0.2) is 0 Å². The monoisotopic (exact) mass is 369 g/mol. The SMILES string of the molecule is Cc1cc(-c2n[nH]c3ccc(NC(=O)c4ncc(C#N)cc4C)cc23)cnn1. The Morgan fingerprint density at radius 3 is 2.79 bits per heavy atom. The van der Waals surface area contributed by atoms with E-state index in [1.807, 2.05) is 31.2 Å². The van der Waals surface area contributed by atoms with E-state index in [1.165, 1.54) is 6.20 Å². The van der Waals surface area contributed by atoms with Crippen molar-refractivity contribution in [3.8, 4) is 17.3 Å². The highest BCUT2D eigenvalue weighted by Crippen LogP contribution is 2.28. The van der Waals surface area contributed by atoms with Crippen LogP contribution in [-0.4, -0.2) is 31.3 Å². The fraction of sp³-hybridized carbons (Fsp3) is 0.100. The molecule has 1 aromatic carbocycles. The number of aryl methyl sites for hydroxylation is 2. The number of H-pyrrole nitrogens is 1. The highest BCUT2D eigenvalue weighted by Gasteiger charge is 2.14. The number of hydrogen-bond donors (Lipinski definition) is 2. The molecule has 0 unspecified atom stereocenters. The van der Waals surface area contributed by atoms with Crippen molar-refractivity contribution in [1.29, 1.82) is 5.26 Å². The first kappa shape index (κ1) is 17.3. The minimum Gasteiger partial charge on any atom is -0.321 e. The molecule has 3 heterocycles. The van der Waals surface area contributed by atoms with Crippen molar-refractivity contribution >= 4 is 22.5 Å². The number of pyridine rings is 1. The van der Waals surface area contributed by atoms with E-state index in [-0.39, 0.29) is 11.6 Å². The highest BCUT2D eigenvalue weighted by atomic mass is 16.1. The van der Waals surface area contributed by atoms with Gasteiger partial charge in [0.05, 0.1) is 23.0 Å². The maximum absolute atomic E-state index is 12.6. The van der Waals surface area contributed by atoms with E-state index in [4.69, 9.17) is 5.26 Å². The average Bonchev–Trinajstić information content (AvgIpc) is 3.11. The first-order chi connectivity index (χ1) is 13.5. The van der Waals surface area contributed by atoms with Gasteiger partial charge in [-0.25, -0.2) is 4.98 Å². The molecule has 4 rings (SSSR count). The van der Waals surface area contributed by atoms with Crippen molar-refractivity contribution < 1.29 is 4.79 Å². The number of nitrogens with one attached hydrogen (secondary N) is 2. The Balaban J connectivity index is 1.67. The predicted molar refractivity (Wildman–Crippen MR) is 103 cm³/mol. The van der Waals surface area contributed by atoms with Gasteiger partial charge in [0.2, 0.25) is 0 Å². The van der Waals surface area contributed by atoms with Crippen LogP contribution in [0.4, 0.5) is 5.69 Å². The van der Waals surface area contributed by atoms with Crippen LogP contribution >= 0.6 is 0 Å². The number of carbonyl (C=O) groups is 1. The largest absolute Gasteiger partial charge is 0.321 e. The van der Waals surface area contributed by atoms with Crippen molar-refractivity contribution in [2.45, 2.75) is 13.8 Å². The maximum Gasteiger partial charge on any atom is 0.274 e. The van der Waals surface area contributed by atoms with Crippen LogP contribution in [0.15, 0.2) is 42.7 Å². The molecule has 3 aromatic heterocycles. The molecule has 136 valence electrons. The van der Waals surface area contributed by atoms with Gasteiger partial charge < -0.3 is 5.32 Å². The van der Waals surface area contributed by atoms with Crippen LogP contribution in [0.5, 0.6) is 0 Å². The second-order valence-electron chi connectivity index (χ2n) is 6.37. The van der Waals surface area contributed by atoms with Crippen molar-refractivity contribution in [3.63, 3.8) is 0 Å². The lowest BCUT2D eigenvalue weighted by Crippen LogP contribution is -2.15.